The first-order chi connectivity index (χ1) is 13.2. The number of fused-ring (bicyclic) bond motifs is 1. The summed E-state index contributed by atoms with van der Waals surface area (Å²) in [5.41, 5.74) is 6.92. The number of carbonyl (C=O) groups is 1. The highest BCUT2D eigenvalue weighted by molar-refractivity contribution is 5.94. The van der Waals surface area contributed by atoms with Gasteiger partial charge in [-0.3, -0.25) is 0 Å². The zero-order valence-corrected chi connectivity index (χ0v) is 15.3. The van der Waals surface area contributed by atoms with Crippen molar-refractivity contribution in [2.75, 3.05) is 7.11 Å². The minimum absolute atomic E-state index is 0.333. The molecule has 0 aliphatic heterocycles. The van der Waals surface area contributed by atoms with Gasteiger partial charge in [0.05, 0.1) is 30.0 Å². The van der Waals surface area contributed by atoms with Crippen molar-refractivity contribution in [3.8, 4) is 11.1 Å². The van der Waals surface area contributed by atoms with E-state index in [2.05, 4.69) is 45.9 Å². The summed E-state index contributed by atoms with van der Waals surface area (Å²) in [5.74, 6) is -0.333. The molecule has 1 heterocycles. The van der Waals surface area contributed by atoms with Crippen molar-refractivity contribution in [1.29, 1.82) is 0 Å². The third-order valence-electron chi connectivity index (χ3n) is 4.75. The molecule has 3 aromatic carbocycles. The topological polar surface area (TPSA) is 44.1 Å². The molecule has 0 saturated carbocycles. The lowest BCUT2D eigenvalue weighted by atomic mass is 10.0. The van der Waals surface area contributed by atoms with Crippen LogP contribution in [0.25, 0.3) is 22.2 Å². The van der Waals surface area contributed by atoms with Crippen LogP contribution < -0.4 is 0 Å². The van der Waals surface area contributed by atoms with Crippen molar-refractivity contribution in [2.24, 2.45) is 0 Å². The van der Waals surface area contributed by atoms with Gasteiger partial charge in [-0.1, -0.05) is 54.6 Å². The molecule has 134 valence electrons. The Balaban J connectivity index is 1.65. The Morgan fingerprint density at radius 2 is 1.70 bits per heavy atom. The number of methoxy groups -OCH3 is 1. The predicted octanol–water partition coefficient (Wildman–Crippen LogP) is 4.85. The van der Waals surface area contributed by atoms with Crippen LogP contribution in [0.4, 0.5) is 0 Å². The highest BCUT2D eigenvalue weighted by Crippen LogP contribution is 2.23. The van der Waals surface area contributed by atoms with Gasteiger partial charge in [0.1, 0.15) is 0 Å². The molecule has 4 nitrogen and oxygen atoms in total. The SMILES string of the molecule is COC(=O)c1cc(C)c2ncn(Cc3ccc(-c4ccccc4)cc3)c2c1. The van der Waals surface area contributed by atoms with Crippen molar-refractivity contribution in [1.82, 2.24) is 9.55 Å². The molecule has 0 atom stereocenters. The van der Waals surface area contributed by atoms with Gasteiger partial charge in [0.15, 0.2) is 0 Å². The van der Waals surface area contributed by atoms with Gasteiger partial charge in [0, 0.05) is 6.54 Å². The molecule has 0 aliphatic rings. The summed E-state index contributed by atoms with van der Waals surface area (Å²) in [5, 5.41) is 0. The summed E-state index contributed by atoms with van der Waals surface area (Å²) in [7, 11) is 1.40. The number of ether oxygens (including phenoxy) is 1. The average molecular weight is 356 g/mol. The largest absolute Gasteiger partial charge is 0.465 e. The number of hydrogen-bond acceptors (Lipinski definition) is 3. The number of esters is 1. The Morgan fingerprint density at radius 3 is 2.41 bits per heavy atom. The maximum absolute atomic E-state index is 11.9. The molecule has 0 bridgehead atoms. The maximum atomic E-state index is 11.9. The summed E-state index contributed by atoms with van der Waals surface area (Å²) in [6.07, 6.45) is 1.82. The number of nitrogens with zero attached hydrogens (tertiary/aromatic N) is 2. The molecule has 0 amide bonds. The third kappa shape index (κ3) is 3.34. The number of imidazole rings is 1. The van der Waals surface area contributed by atoms with Crippen molar-refractivity contribution in [2.45, 2.75) is 13.5 Å². The molecule has 0 N–H and O–H groups in total. The molecule has 0 unspecified atom stereocenters. The quantitative estimate of drug-likeness (QED) is 0.491. The van der Waals surface area contributed by atoms with Crippen LogP contribution in [-0.4, -0.2) is 22.6 Å². The van der Waals surface area contributed by atoms with Crippen LogP contribution in [0.1, 0.15) is 21.5 Å². The zero-order chi connectivity index (χ0) is 18.8. The Morgan fingerprint density at radius 1 is 1.00 bits per heavy atom. The molecule has 1 aromatic heterocycles. The molecule has 4 heteroatoms. The fourth-order valence-electron chi connectivity index (χ4n) is 3.33. The Labute approximate surface area is 158 Å². The molecular weight excluding hydrogens is 336 g/mol. The molecule has 0 aliphatic carbocycles. The van der Waals surface area contributed by atoms with Gasteiger partial charge >= 0.3 is 5.97 Å². The maximum Gasteiger partial charge on any atom is 0.337 e. The summed E-state index contributed by atoms with van der Waals surface area (Å²) >= 11 is 0. The third-order valence-corrected chi connectivity index (χ3v) is 4.75. The van der Waals surface area contributed by atoms with E-state index < -0.39 is 0 Å². The highest BCUT2D eigenvalue weighted by atomic mass is 16.5. The Bertz CT molecular complexity index is 1100. The number of carbonyl (C=O) groups excluding carboxylic acids is 1. The minimum atomic E-state index is -0.333. The monoisotopic (exact) mass is 356 g/mol. The van der Waals surface area contributed by atoms with Gasteiger partial charge in [-0.2, -0.15) is 0 Å². The van der Waals surface area contributed by atoms with Crippen LogP contribution in [0.15, 0.2) is 73.1 Å². The highest BCUT2D eigenvalue weighted by Gasteiger charge is 2.12. The van der Waals surface area contributed by atoms with E-state index in [9.17, 15) is 4.79 Å². The Kier molecular flexibility index (Phi) is 4.47. The lowest BCUT2D eigenvalue weighted by molar-refractivity contribution is 0.0601. The van der Waals surface area contributed by atoms with Gasteiger partial charge in [0.2, 0.25) is 0 Å². The van der Waals surface area contributed by atoms with E-state index in [1.807, 2.05) is 43.6 Å². The van der Waals surface area contributed by atoms with Gasteiger partial charge in [-0.25, -0.2) is 9.78 Å². The smallest absolute Gasteiger partial charge is 0.337 e. The first kappa shape index (κ1) is 17.0. The fraction of sp³-hybridized carbons (Fsp3) is 0.130. The van der Waals surface area contributed by atoms with Crippen molar-refractivity contribution in [3.05, 3.63) is 89.7 Å². The van der Waals surface area contributed by atoms with Crippen LogP contribution >= 0.6 is 0 Å². The van der Waals surface area contributed by atoms with Gasteiger partial charge < -0.3 is 9.30 Å². The van der Waals surface area contributed by atoms with Crippen molar-refractivity contribution >= 4 is 17.0 Å². The van der Waals surface area contributed by atoms with Crippen LogP contribution in [0, 0.1) is 6.92 Å². The predicted molar refractivity (Wildman–Crippen MR) is 107 cm³/mol. The van der Waals surface area contributed by atoms with E-state index in [0.717, 1.165) is 16.6 Å². The molecule has 0 fully saturated rings. The van der Waals surface area contributed by atoms with Crippen LogP contribution in [0.5, 0.6) is 0 Å². The van der Waals surface area contributed by atoms with Gasteiger partial charge in [-0.05, 0) is 41.3 Å². The van der Waals surface area contributed by atoms with Gasteiger partial charge in [-0.15, -0.1) is 0 Å². The van der Waals surface area contributed by atoms with E-state index in [1.54, 1.807) is 0 Å². The number of aromatic nitrogens is 2. The van der Waals surface area contributed by atoms with E-state index in [-0.39, 0.29) is 5.97 Å². The second-order valence-corrected chi connectivity index (χ2v) is 6.59. The van der Waals surface area contributed by atoms with E-state index >= 15 is 0 Å². The number of rotatable bonds is 4. The summed E-state index contributed by atoms with van der Waals surface area (Å²) < 4.78 is 6.92. The Hall–Kier alpha value is -3.40. The van der Waals surface area contributed by atoms with Gasteiger partial charge in [0.25, 0.3) is 0 Å². The first-order valence-electron chi connectivity index (χ1n) is 8.84. The van der Waals surface area contributed by atoms with Crippen LogP contribution in [0.2, 0.25) is 0 Å². The first-order valence-corrected chi connectivity index (χ1v) is 8.84. The zero-order valence-electron chi connectivity index (χ0n) is 15.3. The second kappa shape index (κ2) is 7.08. The molecule has 4 rings (SSSR count). The van der Waals surface area contributed by atoms with Crippen LogP contribution in [0.3, 0.4) is 0 Å². The molecule has 0 saturated heterocycles. The lowest BCUT2D eigenvalue weighted by Gasteiger charge is -2.08. The summed E-state index contributed by atoms with van der Waals surface area (Å²) in [4.78, 5) is 16.4. The second-order valence-electron chi connectivity index (χ2n) is 6.59. The molecular formula is C23H20N2O2. The van der Waals surface area contributed by atoms with Crippen LogP contribution in [-0.2, 0) is 11.3 Å². The molecule has 4 aromatic rings. The number of benzene rings is 3. The molecule has 0 radical (unpaired) electrons. The van der Waals surface area contributed by atoms with Crippen molar-refractivity contribution < 1.29 is 9.53 Å². The molecule has 27 heavy (non-hydrogen) atoms. The number of hydrogen-bond donors (Lipinski definition) is 0. The fourth-order valence-corrected chi connectivity index (χ4v) is 3.33. The minimum Gasteiger partial charge on any atom is -0.465 e. The number of aryl methyl sites for hydroxylation is 1. The summed E-state index contributed by atoms with van der Waals surface area (Å²) in [6, 6.07) is 22.5. The lowest BCUT2D eigenvalue weighted by Crippen LogP contribution is -2.03. The average Bonchev–Trinajstić information content (AvgIpc) is 3.12. The van der Waals surface area contributed by atoms with E-state index in [4.69, 9.17) is 4.74 Å². The summed E-state index contributed by atoms with van der Waals surface area (Å²) in [6.45, 7) is 2.65. The molecule has 0 spiro atoms. The van der Waals surface area contributed by atoms with E-state index in [1.165, 1.54) is 23.8 Å². The normalized spacial score (nSPS) is 10.9. The standard InChI is InChI=1S/C23H20N2O2/c1-16-12-20(23(26)27-2)13-21-22(16)24-15-25(21)14-17-8-10-19(11-9-17)18-6-4-3-5-7-18/h3-13,15H,14H2,1-2H3. The van der Waals surface area contributed by atoms with Crippen molar-refractivity contribution in [3.63, 3.8) is 0 Å². The van der Waals surface area contributed by atoms with E-state index in [0.29, 0.717) is 12.1 Å².